The van der Waals surface area contributed by atoms with Crippen molar-refractivity contribution < 1.29 is 9.53 Å². The van der Waals surface area contributed by atoms with Crippen LogP contribution in [0.15, 0.2) is 12.7 Å². The number of carbonyl (C=O) groups excluding carboxylic acids is 1. The molecule has 1 unspecified atom stereocenters. The third-order valence-corrected chi connectivity index (χ3v) is 1.67. The molecular weight excluding hydrogens is 164 g/mol. The predicted molar refractivity (Wildman–Crippen MR) is 53.0 cm³/mol. The fourth-order valence-corrected chi connectivity index (χ4v) is 0.894. The van der Waals surface area contributed by atoms with E-state index in [-0.39, 0.29) is 6.10 Å². The Morgan fingerprint density at radius 2 is 2.23 bits per heavy atom. The smallest absolute Gasteiger partial charge is 0.384 e. The van der Waals surface area contributed by atoms with Gasteiger partial charge in [0.15, 0.2) is 0 Å². The van der Waals surface area contributed by atoms with Crippen LogP contribution in [0.1, 0.15) is 26.7 Å². The Kier molecular flexibility index (Phi) is 5.71. The number of esters is 1. The van der Waals surface area contributed by atoms with Crippen molar-refractivity contribution in [2.45, 2.75) is 32.8 Å². The molecule has 0 rings (SSSR count). The van der Waals surface area contributed by atoms with Crippen molar-refractivity contribution in [3.05, 3.63) is 12.7 Å². The van der Waals surface area contributed by atoms with Crippen molar-refractivity contribution in [2.75, 3.05) is 0 Å². The van der Waals surface area contributed by atoms with Crippen LogP contribution in [0.4, 0.5) is 0 Å². The van der Waals surface area contributed by atoms with Gasteiger partial charge < -0.3 is 4.74 Å². The molecule has 0 amide bonds. The van der Waals surface area contributed by atoms with Gasteiger partial charge in [-0.15, -0.1) is 6.42 Å². The highest BCUT2D eigenvalue weighted by Gasteiger charge is 2.09. The first-order valence-electron chi connectivity index (χ1n) is 4.40. The molecule has 0 N–H and O–H groups in total. The summed E-state index contributed by atoms with van der Waals surface area (Å²) in [5, 5.41) is 0. The van der Waals surface area contributed by atoms with Gasteiger partial charge in [0.05, 0.1) is 0 Å². The van der Waals surface area contributed by atoms with Crippen LogP contribution < -0.4 is 0 Å². The molecule has 72 valence electrons. The maximum absolute atomic E-state index is 10.7. The maximum atomic E-state index is 10.7. The summed E-state index contributed by atoms with van der Waals surface area (Å²) in [6.07, 6.45) is 8.02. The van der Waals surface area contributed by atoms with Crippen molar-refractivity contribution in [1.29, 1.82) is 0 Å². The summed E-state index contributed by atoms with van der Waals surface area (Å²) >= 11 is 0. The number of ether oxygens (including phenoxy) is 1. The second kappa shape index (κ2) is 6.30. The van der Waals surface area contributed by atoms with Crippen LogP contribution in [0.2, 0.25) is 0 Å². The summed E-state index contributed by atoms with van der Waals surface area (Å²) in [7, 11) is 0. The summed E-state index contributed by atoms with van der Waals surface area (Å²) in [5.41, 5.74) is 0. The molecule has 0 bridgehead atoms. The molecule has 0 saturated carbocycles. The molecule has 1 atom stereocenters. The van der Waals surface area contributed by atoms with Gasteiger partial charge in [0.1, 0.15) is 6.10 Å². The number of terminal acetylenes is 1. The number of rotatable bonds is 5. The van der Waals surface area contributed by atoms with E-state index in [0.717, 1.165) is 12.8 Å². The highest BCUT2D eigenvalue weighted by Crippen LogP contribution is 2.10. The van der Waals surface area contributed by atoms with Crippen LogP contribution in [0, 0.1) is 18.3 Å². The van der Waals surface area contributed by atoms with E-state index in [0.29, 0.717) is 5.92 Å². The maximum Gasteiger partial charge on any atom is 0.384 e. The zero-order valence-corrected chi connectivity index (χ0v) is 8.25. The molecule has 0 aliphatic carbocycles. The van der Waals surface area contributed by atoms with Gasteiger partial charge in [-0.3, -0.25) is 0 Å². The van der Waals surface area contributed by atoms with Gasteiger partial charge in [-0.25, -0.2) is 4.79 Å². The lowest BCUT2D eigenvalue weighted by Gasteiger charge is -2.12. The SMILES string of the molecule is C#CC(=O)OC(C=C)CCC(C)C. The van der Waals surface area contributed by atoms with Gasteiger partial charge in [-0.2, -0.15) is 0 Å². The number of carbonyl (C=O) groups is 1. The predicted octanol–water partition coefficient (Wildman–Crippen LogP) is 2.15. The molecule has 0 aromatic carbocycles. The summed E-state index contributed by atoms with van der Waals surface area (Å²) < 4.78 is 4.91. The van der Waals surface area contributed by atoms with Crippen molar-refractivity contribution >= 4 is 5.97 Å². The number of hydrogen-bond acceptors (Lipinski definition) is 2. The minimum atomic E-state index is -0.617. The first-order chi connectivity index (χ1) is 6.10. The summed E-state index contributed by atoms with van der Waals surface area (Å²) in [6, 6.07) is 0. The van der Waals surface area contributed by atoms with Gasteiger partial charge in [-0.1, -0.05) is 26.5 Å². The Morgan fingerprint density at radius 1 is 1.62 bits per heavy atom. The van der Waals surface area contributed by atoms with E-state index in [1.165, 1.54) is 0 Å². The minimum Gasteiger partial charge on any atom is -0.449 e. The van der Waals surface area contributed by atoms with E-state index >= 15 is 0 Å². The van der Waals surface area contributed by atoms with Gasteiger partial charge in [-0.05, 0) is 18.8 Å². The lowest BCUT2D eigenvalue weighted by molar-refractivity contribution is -0.140. The van der Waals surface area contributed by atoms with Crippen molar-refractivity contribution in [3.63, 3.8) is 0 Å². The van der Waals surface area contributed by atoms with E-state index < -0.39 is 5.97 Å². The van der Waals surface area contributed by atoms with Crippen LogP contribution in [-0.2, 0) is 9.53 Å². The van der Waals surface area contributed by atoms with Crippen LogP contribution in [0.5, 0.6) is 0 Å². The van der Waals surface area contributed by atoms with Crippen LogP contribution >= 0.6 is 0 Å². The average Bonchev–Trinajstić information content (AvgIpc) is 2.11. The van der Waals surface area contributed by atoms with Crippen molar-refractivity contribution in [1.82, 2.24) is 0 Å². The highest BCUT2D eigenvalue weighted by atomic mass is 16.5. The zero-order valence-electron chi connectivity index (χ0n) is 8.25. The normalized spacial score (nSPS) is 11.8. The third kappa shape index (κ3) is 5.98. The zero-order chi connectivity index (χ0) is 10.3. The lowest BCUT2D eigenvalue weighted by atomic mass is 10.1. The van der Waals surface area contributed by atoms with Crippen LogP contribution in [-0.4, -0.2) is 12.1 Å². The van der Waals surface area contributed by atoms with Gasteiger partial charge in [0.25, 0.3) is 0 Å². The second-order valence-corrected chi connectivity index (χ2v) is 3.29. The summed E-state index contributed by atoms with van der Waals surface area (Å²) in [5.74, 6) is 1.88. The molecule has 0 aromatic rings. The Bertz CT molecular complexity index is 211. The minimum absolute atomic E-state index is 0.244. The van der Waals surface area contributed by atoms with Gasteiger partial charge in [0, 0.05) is 5.92 Å². The van der Waals surface area contributed by atoms with E-state index in [4.69, 9.17) is 11.2 Å². The fraction of sp³-hybridized carbons (Fsp3) is 0.545. The topological polar surface area (TPSA) is 26.3 Å². The van der Waals surface area contributed by atoms with E-state index in [1.54, 1.807) is 6.08 Å². The molecule has 0 aromatic heterocycles. The Balaban J connectivity index is 3.84. The van der Waals surface area contributed by atoms with Gasteiger partial charge in [0.2, 0.25) is 0 Å². The lowest BCUT2D eigenvalue weighted by Crippen LogP contribution is -2.15. The fourth-order valence-electron chi connectivity index (χ4n) is 0.894. The molecule has 2 heteroatoms. The molecule has 0 aliphatic heterocycles. The Morgan fingerprint density at radius 3 is 2.62 bits per heavy atom. The van der Waals surface area contributed by atoms with E-state index in [1.807, 2.05) is 5.92 Å². The molecule has 2 nitrogen and oxygen atoms in total. The van der Waals surface area contributed by atoms with Crippen molar-refractivity contribution in [2.24, 2.45) is 5.92 Å². The first kappa shape index (κ1) is 11.8. The van der Waals surface area contributed by atoms with E-state index in [9.17, 15) is 4.79 Å². The van der Waals surface area contributed by atoms with Crippen molar-refractivity contribution in [3.8, 4) is 12.3 Å². The largest absolute Gasteiger partial charge is 0.449 e. The third-order valence-electron chi connectivity index (χ3n) is 1.67. The standard InChI is InChI=1S/C11H16O2/c1-5-10(8-7-9(3)4)13-11(12)6-2/h2,5,9-10H,1,7-8H2,3-4H3. The van der Waals surface area contributed by atoms with Crippen LogP contribution in [0.3, 0.4) is 0 Å². The van der Waals surface area contributed by atoms with Gasteiger partial charge >= 0.3 is 5.97 Å². The Labute approximate surface area is 80.0 Å². The molecule has 0 saturated heterocycles. The second-order valence-electron chi connectivity index (χ2n) is 3.29. The molecule has 13 heavy (non-hydrogen) atoms. The highest BCUT2D eigenvalue weighted by molar-refractivity contribution is 5.87. The molecule has 0 aliphatic rings. The monoisotopic (exact) mass is 180 g/mol. The first-order valence-corrected chi connectivity index (χ1v) is 4.40. The molecule has 0 fully saturated rings. The van der Waals surface area contributed by atoms with E-state index in [2.05, 4.69) is 20.4 Å². The van der Waals surface area contributed by atoms with Crippen LogP contribution in [0.25, 0.3) is 0 Å². The molecule has 0 spiro atoms. The quantitative estimate of drug-likeness (QED) is 0.280. The Hall–Kier alpha value is -1.23. The average molecular weight is 180 g/mol. The number of hydrogen-bond donors (Lipinski definition) is 0. The molecule has 0 heterocycles. The summed E-state index contributed by atoms with van der Waals surface area (Å²) in [4.78, 5) is 10.7. The summed E-state index contributed by atoms with van der Waals surface area (Å²) in [6.45, 7) is 7.81. The molecular formula is C11H16O2. The molecule has 0 radical (unpaired) electrons.